The largest absolute Gasteiger partial charge is 0.394 e. The van der Waals surface area contributed by atoms with Crippen LogP contribution in [0.15, 0.2) is 0 Å². The molecule has 112 valence electrons. The number of aliphatic hydroxyl groups excluding tert-OH is 3. The predicted molar refractivity (Wildman–Crippen MR) is 61.3 cm³/mol. The lowest BCUT2D eigenvalue weighted by Gasteiger charge is -2.41. The normalized spacial score (nSPS) is 35.9. The quantitative estimate of drug-likeness (QED) is 0.400. The van der Waals surface area contributed by atoms with Crippen molar-refractivity contribution in [2.45, 2.75) is 37.6 Å². The summed E-state index contributed by atoms with van der Waals surface area (Å²) in [5, 5.41) is 30.8. The van der Waals surface area contributed by atoms with E-state index in [0.717, 1.165) is 13.2 Å². The molecule has 0 aromatic carbocycles. The Morgan fingerprint density at radius 3 is 2.42 bits per heavy atom. The maximum Gasteiger partial charge on any atom is 0.264 e. The third-order valence-corrected chi connectivity index (χ3v) is 3.10. The minimum atomic E-state index is -3.91. The second-order valence-electron chi connectivity index (χ2n) is 4.23. The highest BCUT2D eigenvalue weighted by Crippen LogP contribution is 2.23. The van der Waals surface area contributed by atoms with Crippen molar-refractivity contribution in [3.8, 4) is 0 Å². The highest BCUT2D eigenvalue weighted by molar-refractivity contribution is 7.86. The first kappa shape index (κ1) is 16.3. The lowest BCUT2D eigenvalue weighted by molar-refractivity contribution is -0.247. The Morgan fingerprint density at radius 2 is 2.00 bits per heavy atom. The Bertz CT molecular complexity index is 424. The fraction of sp³-hybridized carbons (Fsp3) is 0.889. The molecule has 5 atom stereocenters. The molecule has 0 spiro atoms. The van der Waals surface area contributed by atoms with Gasteiger partial charge in [0.05, 0.1) is 12.9 Å². The van der Waals surface area contributed by atoms with Gasteiger partial charge in [-0.3, -0.25) is 8.98 Å². The van der Waals surface area contributed by atoms with Gasteiger partial charge < -0.3 is 25.4 Å². The Hall–Kier alpha value is -0.780. The van der Waals surface area contributed by atoms with E-state index in [4.69, 9.17) is 9.84 Å². The minimum absolute atomic E-state index is 0.549. The van der Waals surface area contributed by atoms with Crippen LogP contribution in [0.5, 0.6) is 0 Å². The van der Waals surface area contributed by atoms with Crippen molar-refractivity contribution >= 4 is 16.0 Å². The van der Waals surface area contributed by atoms with Gasteiger partial charge in [0.2, 0.25) is 5.91 Å². The Morgan fingerprint density at radius 1 is 1.42 bits per heavy atom. The van der Waals surface area contributed by atoms with E-state index < -0.39 is 53.3 Å². The number of nitrogens with one attached hydrogen (secondary N) is 1. The smallest absolute Gasteiger partial charge is 0.264 e. The van der Waals surface area contributed by atoms with E-state index in [2.05, 4.69) is 9.50 Å². The molecule has 19 heavy (non-hydrogen) atoms. The predicted octanol–water partition coefficient (Wildman–Crippen LogP) is -3.09. The van der Waals surface area contributed by atoms with E-state index in [1.165, 1.54) is 0 Å². The number of aliphatic hydroxyl groups is 3. The first-order chi connectivity index (χ1) is 8.65. The third kappa shape index (κ3) is 4.37. The maximum absolute atomic E-state index is 11.1. The number of carbonyl (C=O) groups excluding carboxylic acids is 1. The molecule has 1 aliphatic heterocycles. The summed E-state index contributed by atoms with van der Waals surface area (Å²) in [5.41, 5.74) is 0. The molecule has 10 heteroatoms. The molecule has 1 amide bonds. The van der Waals surface area contributed by atoms with Gasteiger partial charge in [-0.1, -0.05) is 0 Å². The minimum Gasteiger partial charge on any atom is -0.394 e. The average molecular weight is 299 g/mol. The molecule has 1 saturated heterocycles. The van der Waals surface area contributed by atoms with Gasteiger partial charge in [-0.15, -0.1) is 0 Å². The number of hydrogen-bond acceptors (Lipinski definition) is 8. The van der Waals surface area contributed by atoms with Gasteiger partial charge >= 0.3 is 0 Å². The van der Waals surface area contributed by atoms with Crippen molar-refractivity contribution in [2.75, 3.05) is 12.9 Å². The summed E-state index contributed by atoms with van der Waals surface area (Å²) >= 11 is 0. The molecular weight excluding hydrogens is 282 g/mol. The zero-order chi connectivity index (χ0) is 14.8. The van der Waals surface area contributed by atoms with Crippen LogP contribution in [0.4, 0.5) is 0 Å². The molecule has 0 bridgehead atoms. The van der Waals surface area contributed by atoms with Crippen molar-refractivity contribution in [1.82, 2.24) is 5.32 Å². The van der Waals surface area contributed by atoms with Crippen LogP contribution in [-0.4, -0.2) is 73.2 Å². The van der Waals surface area contributed by atoms with Crippen molar-refractivity contribution in [3.63, 3.8) is 0 Å². The van der Waals surface area contributed by atoms with E-state index in [0.29, 0.717) is 0 Å². The topological polar surface area (TPSA) is 142 Å². The van der Waals surface area contributed by atoms with E-state index in [-0.39, 0.29) is 0 Å². The SMILES string of the molecule is CC(=O)N[C@@H]1[C@@H](O)[C@H](OS(C)(=O)=O)[C@H](CO)O[C@@H]1O. The zero-order valence-electron chi connectivity index (χ0n) is 10.4. The highest BCUT2D eigenvalue weighted by atomic mass is 32.2. The number of carbonyl (C=O) groups is 1. The van der Waals surface area contributed by atoms with E-state index in [1.54, 1.807) is 0 Å². The number of amides is 1. The van der Waals surface area contributed by atoms with Crippen LogP contribution in [0.3, 0.4) is 0 Å². The van der Waals surface area contributed by atoms with E-state index in [9.17, 15) is 23.4 Å². The molecular formula is C9H17NO8S. The van der Waals surface area contributed by atoms with Crippen molar-refractivity contribution in [2.24, 2.45) is 0 Å². The maximum atomic E-state index is 11.1. The number of ether oxygens (including phenoxy) is 1. The van der Waals surface area contributed by atoms with Crippen LogP contribution >= 0.6 is 0 Å². The fourth-order valence-corrected chi connectivity index (χ4v) is 2.43. The fourth-order valence-electron chi connectivity index (χ4n) is 1.79. The summed E-state index contributed by atoms with van der Waals surface area (Å²) in [6.07, 6.45) is -5.04. The van der Waals surface area contributed by atoms with Gasteiger partial charge in [-0.05, 0) is 0 Å². The first-order valence-corrected chi connectivity index (χ1v) is 7.25. The molecule has 1 heterocycles. The average Bonchev–Trinajstić information content (AvgIpc) is 2.26. The van der Waals surface area contributed by atoms with Crippen LogP contribution in [0.25, 0.3) is 0 Å². The van der Waals surface area contributed by atoms with Crippen LogP contribution < -0.4 is 5.32 Å². The molecule has 4 N–H and O–H groups in total. The molecule has 0 radical (unpaired) electrons. The lowest BCUT2D eigenvalue weighted by atomic mass is 9.97. The van der Waals surface area contributed by atoms with Crippen LogP contribution in [0.1, 0.15) is 6.92 Å². The standard InChI is InChI=1S/C9H17NO8S/c1-4(12)10-6-7(13)8(18-19(2,15)16)5(3-11)17-9(6)14/h5-9,11,13-14H,3H2,1-2H3,(H,10,12)/t5-,6+,7+,8+,9-/m0/s1. The van der Waals surface area contributed by atoms with Gasteiger partial charge in [-0.2, -0.15) is 8.42 Å². The summed E-state index contributed by atoms with van der Waals surface area (Å²) in [6.45, 7) is 0.491. The monoisotopic (exact) mass is 299 g/mol. The van der Waals surface area contributed by atoms with Crippen molar-refractivity contribution in [1.29, 1.82) is 0 Å². The number of rotatable bonds is 4. The second kappa shape index (κ2) is 6.11. The molecule has 1 rings (SSSR count). The van der Waals surface area contributed by atoms with Crippen LogP contribution in [0, 0.1) is 0 Å². The Labute approximate surface area is 110 Å². The molecule has 0 saturated carbocycles. The molecule has 0 aliphatic carbocycles. The molecule has 1 aliphatic rings. The highest BCUT2D eigenvalue weighted by Gasteiger charge is 2.47. The lowest BCUT2D eigenvalue weighted by Crippen LogP contribution is -2.64. The molecule has 9 nitrogen and oxygen atoms in total. The van der Waals surface area contributed by atoms with Gasteiger partial charge in [0.25, 0.3) is 10.1 Å². The van der Waals surface area contributed by atoms with Gasteiger partial charge in [0, 0.05) is 6.92 Å². The third-order valence-electron chi connectivity index (χ3n) is 2.53. The van der Waals surface area contributed by atoms with E-state index in [1.807, 2.05) is 0 Å². The zero-order valence-corrected chi connectivity index (χ0v) is 11.2. The molecule has 0 aromatic heterocycles. The van der Waals surface area contributed by atoms with Crippen LogP contribution in [-0.2, 0) is 23.8 Å². The molecule has 1 fully saturated rings. The number of hydrogen-bond donors (Lipinski definition) is 4. The van der Waals surface area contributed by atoms with Gasteiger partial charge in [0.15, 0.2) is 6.29 Å². The summed E-state index contributed by atoms with van der Waals surface area (Å²) in [4.78, 5) is 10.9. The second-order valence-corrected chi connectivity index (χ2v) is 5.83. The molecule has 0 unspecified atom stereocenters. The van der Waals surface area contributed by atoms with E-state index >= 15 is 0 Å². The van der Waals surface area contributed by atoms with Gasteiger partial charge in [-0.25, -0.2) is 0 Å². The summed E-state index contributed by atoms with van der Waals surface area (Å²) in [6, 6.07) is -1.26. The summed E-state index contributed by atoms with van der Waals surface area (Å²) in [5.74, 6) is -0.549. The van der Waals surface area contributed by atoms with Crippen LogP contribution in [0.2, 0.25) is 0 Å². The van der Waals surface area contributed by atoms with Crippen molar-refractivity contribution in [3.05, 3.63) is 0 Å². The Kier molecular flexibility index (Phi) is 5.24. The van der Waals surface area contributed by atoms with Crippen molar-refractivity contribution < 1.29 is 37.5 Å². The first-order valence-electron chi connectivity index (χ1n) is 5.43. The summed E-state index contributed by atoms with van der Waals surface area (Å²) < 4.78 is 31.7. The van der Waals surface area contributed by atoms with Gasteiger partial charge in [0.1, 0.15) is 24.4 Å². The summed E-state index contributed by atoms with van der Waals surface area (Å²) in [7, 11) is -3.91. The Balaban J connectivity index is 2.94. The molecule has 0 aromatic rings.